The summed E-state index contributed by atoms with van der Waals surface area (Å²) >= 11 is 0. The Balaban J connectivity index is 1.63. The maximum atomic E-state index is 13.6. The van der Waals surface area contributed by atoms with Gasteiger partial charge in [0.05, 0.1) is 11.6 Å². The van der Waals surface area contributed by atoms with Gasteiger partial charge in [-0.05, 0) is 61.2 Å². The summed E-state index contributed by atoms with van der Waals surface area (Å²) in [6.45, 7) is 1.98. The number of ketones is 1. The van der Waals surface area contributed by atoms with E-state index in [0.29, 0.717) is 17.5 Å². The molecular weight excluding hydrogens is 409 g/mol. The minimum absolute atomic E-state index is 0.0542. The summed E-state index contributed by atoms with van der Waals surface area (Å²) in [5.74, 6) is -1.10. The molecule has 166 valence electrons. The van der Waals surface area contributed by atoms with E-state index in [1.54, 1.807) is 29.2 Å². The van der Waals surface area contributed by atoms with Crippen molar-refractivity contribution in [3.8, 4) is 5.75 Å². The molecule has 0 radical (unpaired) electrons. The van der Waals surface area contributed by atoms with Crippen molar-refractivity contribution in [2.24, 2.45) is 0 Å². The zero-order valence-electron chi connectivity index (χ0n) is 18.0. The fraction of sp³-hybridized carbons (Fsp3) is 0.385. The largest absolute Gasteiger partial charge is 0.507 e. The van der Waals surface area contributed by atoms with Gasteiger partial charge in [-0.2, -0.15) is 0 Å². The van der Waals surface area contributed by atoms with E-state index in [1.165, 1.54) is 12.1 Å². The van der Waals surface area contributed by atoms with Gasteiger partial charge in [0.1, 0.15) is 23.4 Å². The molecule has 0 bridgehead atoms. The van der Waals surface area contributed by atoms with E-state index < -0.39 is 23.5 Å². The van der Waals surface area contributed by atoms with Gasteiger partial charge in [-0.15, -0.1) is 0 Å². The first-order chi connectivity index (χ1) is 15.4. The van der Waals surface area contributed by atoms with Crippen LogP contribution in [0, 0.1) is 5.82 Å². The molecule has 2 unspecified atom stereocenters. The van der Waals surface area contributed by atoms with Gasteiger partial charge in [0.25, 0.3) is 11.7 Å². The molecule has 2 aliphatic heterocycles. The Bertz CT molecular complexity index is 1100. The van der Waals surface area contributed by atoms with Gasteiger partial charge in [0.15, 0.2) is 0 Å². The van der Waals surface area contributed by atoms with Crippen LogP contribution in [-0.2, 0) is 16.0 Å². The summed E-state index contributed by atoms with van der Waals surface area (Å²) in [6.07, 6.45) is 5.50. The van der Waals surface area contributed by atoms with Crippen LogP contribution in [0.1, 0.15) is 61.8 Å². The van der Waals surface area contributed by atoms with Crippen LogP contribution in [0.5, 0.6) is 5.75 Å². The third-order valence-electron chi connectivity index (χ3n) is 6.80. The van der Waals surface area contributed by atoms with Crippen LogP contribution >= 0.6 is 0 Å². The Kier molecular flexibility index (Phi) is 5.24. The number of halogens is 1. The second-order valence-corrected chi connectivity index (χ2v) is 9.00. The van der Waals surface area contributed by atoms with Gasteiger partial charge in [-0.25, -0.2) is 4.39 Å². The van der Waals surface area contributed by atoms with Crippen molar-refractivity contribution in [1.29, 1.82) is 0 Å². The number of nitrogens with zero attached hydrogens (tertiary/aromatic N) is 1. The zero-order valence-corrected chi connectivity index (χ0v) is 18.0. The van der Waals surface area contributed by atoms with Crippen LogP contribution in [0.2, 0.25) is 0 Å². The van der Waals surface area contributed by atoms with Gasteiger partial charge < -0.3 is 14.7 Å². The predicted octanol–water partition coefficient (Wildman–Crippen LogP) is 4.90. The maximum Gasteiger partial charge on any atom is 0.295 e. The molecule has 1 saturated carbocycles. The molecule has 1 aliphatic carbocycles. The van der Waals surface area contributed by atoms with E-state index in [2.05, 4.69) is 0 Å². The first-order valence-corrected chi connectivity index (χ1v) is 11.3. The van der Waals surface area contributed by atoms with Gasteiger partial charge in [0, 0.05) is 18.0 Å². The fourth-order valence-corrected chi connectivity index (χ4v) is 5.28. The number of rotatable bonds is 3. The SMILES string of the molecule is CC1Cc2cc(/C(O)=C3/C(=O)C(=O)N(C4CCCCC4)C3c3ccc(F)cc3)ccc2O1. The monoisotopic (exact) mass is 435 g/mol. The number of aliphatic hydroxyl groups excluding tert-OH is 1. The maximum absolute atomic E-state index is 13.6. The highest BCUT2D eigenvalue weighted by Crippen LogP contribution is 2.43. The van der Waals surface area contributed by atoms with Crippen molar-refractivity contribution in [3.05, 3.63) is 70.5 Å². The highest BCUT2D eigenvalue weighted by atomic mass is 19.1. The summed E-state index contributed by atoms with van der Waals surface area (Å²) in [5, 5.41) is 11.3. The van der Waals surface area contributed by atoms with Crippen LogP contribution < -0.4 is 4.74 Å². The Morgan fingerprint density at radius 3 is 2.50 bits per heavy atom. The van der Waals surface area contributed by atoms with Crippen LogP contribution in [0.3, 0.4) is 0 Å². The number of aliphatic hydroxyl groups is 1. The molecule has 1 N–H and O–H groups in total. The second-order valence-electron chi connectivity index (χ2n) is 9.00. The Labute approximate surface area is 186 Å². The lowest BCUT2D eigenvalue weighted by Crippen LogP contribution is -2.40. The number of carbonyl (C=O) groups excluding carboxylic acids is 2. The van der Waals surface area contributed by atoms with Crippen LogP contribution in [-0.4, -0.2) is 33.8 Å². The number of Topliss-reactive ketones (excluding diaryl/α,β-unsaturated/α-hetero) is 1. The fourth-order valence-electron chi connectivity index (χ4n) is 5.28. The molecule has 32 heavy (non-hydrogen) atoms. The molecule has 2 aromatic carbocycles. The molecule has 5 rings (SSSR count). The molecule has 6 heteroatoms. The third kappa shape index (κ3) is 3.48. The smallest absolute Gasteiger partial charge is 0.295 e. The van der Waals surface area contributed by atoms with Gasteiger partial charge in [-0.1, -0.05) is 31.4 Å². The van der Waals surface area contributed by atoms with Crippen LogP contribution in [0.15, 0.2) is 48.0 Å². The molecule has 2 heterocycles. The normalized spacial score (nSPS) is 25.1. The average molecular weight is 435 g/mol. The van der Waals surface area contributed by atoms with E-state index in [1.807, 2.05) is 13.0 Å². The van der Waals surface area contributed by atoms with Gasteiger partial charge in [0.2, 0.25) is 0 Å². The number of fused-ring (bicyclic) bond motifs is 1. The highest BCUT2D eigenvalue weighted by Gasteiger charge is 2.48. The lowest BCUT2D eigenvalue weighted by atomic mass is 9.90. The van der Waals surface area contributed by atoms with Crippen LogP contribution in [0.25, 0.3) is 5.76 Å². The average Bonchev–Trinajstić information content (AvgIpc) is 3.30. The van der Waals surface area contributed by atoms with Gasteiger partial charge in [-0.3, -0.25) is 9.59 Å². The summed E-state index contributed by atoms with van der Waals surface area (Å²) in [5.41, 5.74) is 2.13. The van der Waals surface area contributed by atoms with Crippen molar-refractivity contribution in [2.75, 3.05) is 0 Å². The number of ether oxygens (including phenoxy) is 1. The molecule has 5 nitrogen and oxygen atoms in total. The summed E-state index contributed by atoms with van der Waals surface area (Å²) in [4.78, 5) is 28.0. The van der Waals surface area contributed by atoms with Crippen molar-refractivity contribution in [2.45, 2.75) is 63.6 Å². The molecule has 3 aliphatic rings. The number of likely N-dealkylation sites (tertiary alicyclic amines) is 1. The second kappa shape index (κ2) is 8.08. The Morgan fingerprint density at radius 1 is 1.06 bits per heavy atom. The third-order valence-corrected chi connectivity index (χ3v) is 6.80. The predicted molar refractivity (Wildman–Crippen MR) is 118 cm³/mol. The topological polar surface area (TPSA) is 66.8 Å². The Hall–Kier alpha value is -3.15. The van der Waals surface area contributed by atoms with Gasteiger partial charge >= 0.3 is 0 Å². The molecule has 2 atom stereocenters. The van der Waals surface area contributed by atoms with E-state index >= 15 is 0 Å². The summed E-state index contributed by atoms with van der Waals surface area (Å²) in [6, 6.07) is 10.3. The quantitative estimate of drug-likeness (QED) is 0.423. The number of hydrogen-bond acceptors (Lipinski definition) is 4. The zero-order chi connectivity index (χ0) is 22.4. The van der Waals surface area contributed by atoms with E-state index in [4.69, 9.17) is 4.74 Å². The molecule has 0 spiro atoms. The van der Waals surface area contributed by atoms with Crippen molar-refractivity contribution in [1.82, 2.24) is 4.90 Å². The molecule has 2 aromatic rings. The first-order valence-electron chi connectivity index (χ1n) is 11.3. The van der Waals surface area contributed by atoms with Crippen molar-refractivity contribution < 1.29 is 23.8 Å². The van der Waals surface area contributed by atoms with E-state index in [-0.39, 0.29) is 23.5 Å². The van der Waals surface area contributed by atoms with Crippen LogP contribution in [0.4, 0.5) is 4.39 Å². The minimum Gasteiger partial charge on any atom is -0.507 e. The number of benzene rings is 2. The summed E-state index contributed by atoms with van der Waals surface area (Å²) in [7, 11) is 0. The van der Waals surface area contributed by atoms with Crippen molar-refractivity contribution in [3.63, 3.8) is 0 Å². The van der Waals surface area contributed by atoms with E-state index in [9.17, 15) is 19.1 Å². The minimum atomic E-state index is -0.734. The summed E-state index contributed by atoms with van der Waals surface area (Å²) < 4.78 is 19.4. The lowest BCUT2D eigenvalue weighted by molar-refractivity contribution is -0.141. The molecule has 1 amide bonds. The lowest BCUT2D eigenvalue weighted by Gasteiger charge is -2.35. The molecule has 0 aromatic heterocycles. The molecule has 2 fully saturated rings. The standard InChI is InChI=1S/C26H26FNO4/c1-15-13-18-14-17(9-12-21(18)32-15)24(29)22-23(16-7-10-19(27)11-8-16)28(26(31)25(22)30)20-5-3-2-4-6-20/h7-12,14-15,20,23,29H,2-6,13H2,1H3/b24-22-. The van der Waals surface area contributed by atoms with E-state index in [0.717, 1.165) is 43.4 Å². The molecule has 1 saturated heterocycles. The molecular formula is C26H26FNO4. The van der Waals surface area contributed by atoms with Crippen molar-refractivity contribution >= 4 is 17.4 Å². The Morgan fingerprint density at radius 2 is 1.78 bits per heavy atom. The first kappa shape index (κ1) is 20.7. The highest BCUT2D eigenvalue weighted by molar-refractivity contribution is 6.46. The number of amides is 1. The number of carbonyl (C=O) groups is 2. The number of hydrogen-bond donors (Lipinski definition) is 1.